The molecule has 1 fully saturated rings. The smallest absolute Gasteiger partial charge is 0.0891 e. The van der Waals surface area contributed by atoms with E-state index < -0.39 is 0 Å². The Morgan fingerprint density at radius 3 is 2.79 bits per heavy atom. The highest BCUT2D eigenvalue weighted by atomic mass is 14.7. The van der Waals surface area contributed by atoms with Crippen molar-refractivity contribution in [1.29, 1.82) is 0 Å². The summed E-state index contributed by atoms with van der Waals surface area (Å²) in [4.78, 5) is 8.86. The van der Waals surface area contributed by atoms with Crippen molar-refractivity contribution in [3.63, 3.8) is 0 Å². The van der Waals surface area contributed by atoms with Crippen molar-refractivity contribution in [3.05, 3.63) is 54.4 Å². The van der Waals surface area contributed by atoms with Gasteiger partial charge in [-0.15, -0.1) is 0 Å². The van der Waals surface area contributed by atoms with Crippen molar-refractivity contribution >= 4 is 27.9 Å². The molecule has 4 rings (SSSR count). The van der Waals surface area contributed by atoms with Crippen molar-refractivity contribution in [2.45, 2.75) is 12.8 Å². The summed E-state index contributed by atoms with van der Waals surface area (Å²) in [7, 11) is 0. The van der Waals surface area contributed by atoms with Gasteiger partial charge in [0, 0.05) is 17.0 Å². The van der Waals surface area contributed by atoms with Gasteiger partial charge in [0.15, 0.2) is 0 Å². The number of fused-ring (bicyclic) bond motifs is 3. The average Bonchev–Trinajstić information content (AvgIpc) is 3.29. The van der Waals surface area contributed by atoms with E-state index in [2.05, 4.69) is 46.4 Å². The van der Waals surface area contributed by atoms with Crippen LogP contribution in [-0.2, 0) is 0 Å². The molecule has 0 amide bonds. The largest absolute Gasteiger partial charge is 0.255 e. The molecule has 0 bridgehead atoms. The molecule has 1 aromatic carbocycles. The van der Waals surface area contributed by atoms with Gasteiger partial charge in [-0.1, -0.05) is 30.4 Å². The van der Waals surface area contributed by atoms with Crippen molar-refractivity contribution in [3.8, 4) is 0 Å². The summed E-state index contributed by atoms with van der Waals surface area (Å²) in [6, 6.07) is 10.5. The SMILES string of the molecule is C(=CC1CC1)c1ccc2c(c1)ncc1ncccc12. The first-order valence-corrected chi connectivity index (χ1v) is 6.72. The molecule has 19 heavy (non-hydrogen) atoms. The Kier molecular flexibility index (Phi) is 2.34. The molecule has 0 saturated heterocycles. The Labute approximate surface area is 111 Å². The molecule has 2 nitrogen and oxygen atoms in total. The van der Waals surface area contributed by atoms with E-state index in [1.54, 1.807) is 0 Å². The minimum atomic E-state index is 0.810. The summed E-state index contributed by atoms with van der Waals surface area (Å²) in [6.07, 6.45) is 10.9. The zero-order chi connectivity index (χ0) is 12.7. The topological polar surface area (TPSA) is 25.8 Å². The second-order valence-electron chi connectivity index (χ2n) is 5.17. The highest BCUT2D eigenvalue weighted by molar-refractivity contribution is 6.04. The summed E-state index contributed by atoms with van der Waals surface area (Å²) in [5.74, 6) is 0.810. The van der Waals surface area contributed by atoms with E-state index in [4.69, 9.17) is 0 Å². The second-order valence-corrected chi connectivity index (χ2v) is 5.17. The van der Waals surface area contributed by atoms with Crippen LogP contribution in [0.15, 0.2) is 48.8 Å². The summed E-state index contributed by atoms with van der Waals surface area (Å²) >= 11 is 0. The lowest BCUT2D eigenvalue weighted by Gasteiger charge is -2.03. The molecule has 1 saturated carbocycles. The van der Waals surface area contributed by atoms with Gasteiger partial charge >= 0.3 is 0 Å². The maximum Gasteiger partial charge on any atom is 0.0891 e. The van der Waals surface area contributed by atoms with Gasteiger partial charge in [0.05, 0.1) is 17.2 Å². The first kappa shape index (κ1) is 10.7. The predicted molar refractivity (Wildman–Crippen MR) is 78.8 cm³/mol. The van der Waals surface area contributed by atoms with Gasteiger partial charge in [-0.3, -0.25) is 9.97 Å². The quantitative estimate of drug-likeness (QED) is 0.633. The van der Waals surface area contributed by atoms with Gasteiger partial charge in [-0.2, -0.15) is 0 Å². The molecule has 3 aromatic rings. The lowest BCUT2D eigenvalue weighted by atomic mass is 10.1. The number of nitrogens with zero attached hydrogens (tertiary/aromatic N) is 2. The van der Waals surface area contributed by atoms with Gasteiger partial charge < -0.3 is 0 Å². The van der Waals surface area contributed by atoms with Crippen LogP contribution >= 0.6 is 0 Å². The number of hydrogen-bond donors (Lipinski definition) is 0. The monoisotopic (exact) mass is 246 g/mol. The van der Waals surface area contributed by atoms with Gasteiger partial charge in [-0.25, -0.2) is 0 Å². The molecule has 0 spiro atoms. The molecule has 0 atom stereocenters. The highest BCUT2D eigenvalue weighted by Gasteiger charge is 2.16. The van der Waals surface area contributed by atoms with Crippen LogP contribution in [-0.4, -0.2) is 9.97 Å². The van der Waals surface area contributed by atoms with Crippen molar-refractivity contribution < 1.29 is 0 Å². The minimum absolute atomic E-state index is 0.810. The first-order chi connectivity index (χ1) is 9.40. The fourth-order valence-corrected chi connectivity index (χ4v) is 2.40. The molecule has 92 valence electrons. The minimum Gasteiger partial charge on any atom is -0.255 e. The number of allylic oxidation sites excluding steroid dienone is 1. The zero-order valence-corrected chi connectivity index (χ0v) is 10.6. The molecule has 0 radical (unpaired) electrons. The van der Waals surface area contributed by atoms with Crippen LogP contribution in [0.2, 0.25) is 0 Å². The Morgan fingerprint density at radius 1 is 1.00 bits per heavy atom. The third-order valence-corrected chi connectivity index (χ3v) is 3.66. The molecular weight excluding hydrogens is 232 g/mol. The normalized spacial score (nSPS) is 15.6. The average molecular weight is 246 g/mol. The molecule has 2 heteroatoms. The summed E-state index contributed by atoms with van der Waals surface area (Å²) < 4.78 is 0. The van der Waals surface area contributed by atoms with E-state index in [0.29, 0.717) is 0 Å². The van der Waals surface area contributed by atoms with Gasteiger partial charge in [-0.05, 0) is 36.5 Å². The van der Waals surface area contributed by atoms with Crippen LogP contribution in [0.1, 0.15) is 18.4 Å². The van der Waals surface area contributed by atoms with Gasteiger partial charge in [0.2, 0.25) is 0 Å². The molecule has 1 aliphatic rings. The van der Waals surface area contributed by atoms with Crippen molar-refractivity contribution in [2.24, 2.45) is 5.92 Å². The van der Waals surface area contributed by atoms with E-state index in [0.717, 1.165) is 17.0 Å². The van der Waals surface area contributed by atoms with Crippen molar-refractivity contribution in [1.82, 2.24) is 9.97 Å². The number of rotatable bonds is 2. The molecule has 2 aromatic heterocycles. The third-order valence-electron chi connectivity index (χ3n) is 3.66. The van der Waals surface area contributed by atoms with E-state index in [9.17, 15) is 0 Å². The predicted octanol–water partition coefficient (Wildman–Crippen LogP) is 4.21. The molecule has 0 aliphatic heterocycles. The fraction of sp³-hybridized carbons (Fsp3) is 0.176. The van der Waals surface area contributed by atoms with Crippen LogP contribution in [0.5, 0.6) is 0 Å². The molecule has 0 unspecified atom stereocenters. The summed E-state index contributed by atoms with van der Waals surface area (Å²) in [5.41, 5.74) is 3.23. The molecule has 1 aliphatic carbocycles. The van der Waals surface area contributed by atoms with E-state index in [-0.39, 0.29) is 0 Å². The summed E-state index contributed by atoms with van der Waals surface area (Å²) in [6.45, 7) is 0. The fourth-order valence-electron chi connectivity index (χ4n) is 2.40. The van der Waals surface area contributed by atoms with Crippen molar-refractivity contribution in [2.75, 3.05) is 0 Å². The van der Waals surface area contributed by atoms with E-state index in [1.807, 2.05) is 18.5 Å². The van der Waals surface area contributed by atoms with Crippen LogP contribution in [0.25, 0.3) is 27.9 Å². The lowest BCUT2D eigenvalue weighted by Crippen LogP contribution is -1.85. The Bertz CT molecular complexity index is 785. The molecule has 2 heterocycles. The van der Waals surface area contributed by atoms with Crippen LogP contribution in [0, 0.1) is 5.92 Å². The van der Waals surface area contributed by atoms with E-state index in [1.165, 1.54) is 29.2 Å². The van der Waals surface area contributed by atoms with Gasteiger partial charge in [0.1, 0.15) is 0 Å². The number of aromatic nitrogens is 2. The highest BCUT2D eigenvalue weighted by Crippen LogP contribution is 2.31. The Balaban J connectivity index is 1.87. The van der Waals surface area contributed by atoms with Crippen LogP contribution in [0.3, 0.4) is 0 Å². The maximum atomic E-state index is 4.52. The zero-order valence-electron chi connectivity index (χ0n) is 10.6. The van der Waals surface area contributed by atoms with Crippen LogP contribution < -0.4 is 0 Å². The molecule has 0 N–H and O–H groups in total. The van der Waals surface area contributed by atoms with E-state index >= 15 is 0 Å². The molecular formula is C17H14N2. The van der Waals surface area contributed by atoms with Gasteiger partial charge in [0.25, 0.3) is 0 Å². The Hall–Kier alpha value is -2.22. The standard InChI is InChI=1S/C17H14N2/c1-2-14-15-8-7-13(6-5-12-3-4-12)10-16(15)19-11-17(14)18-9-1/h1-2,5-12H,3-4H2. The number of pyridine rings is 2. The Morgan fingerprint density at radius 2 is 1.89 bits per heavy atom. The lowest BCUT2D eigenvalue weighted by molar-refractivity contribution is 1.13. The number of hydrogen-bond acceptors (Lipinski definition) is 2. The number of benzene rings is 1. The third kappa shape index (κ3) is 1.99. The second kappa shape index (κ2) is 4.16. The maximum absolute atomic E-state index is 4.52. The first-order valence-electron chi connectivity index (χ1n) is 6.72. The summed E-state index contributed by atoms with van der Waals surface area (Å²) in [5, 5.41) is 2.35. The van der Waals surface area contributed by atoms with Crippen LogP contribution in [0.4, 0.5) is 0 Å².